The molecule has 168 valence electrons. The minimum atomic E-state index is -0.727. The van der Waals surface area contributed by atoms with Gasteiger partial charge >= 0.3 is 0 Å². The van der Waals surface area contributed by atoms with Crippen LogP contribution in [0.3, 0.4) is 0 Å². The van der Waals surface area contributed by atoms with Gasteiger partial charge in [0.05, 0.1) is 5.69 Å². The third kappa shape index (κ3) is 4.26. The van der Waals surface area contributed by atoms with Crippen LogP contribution in [-0.4, -0.2) is 68.4 Å². The number of halogens is 1. The normalized spacial score (nSPS) is 14.3. The highest BCUT2D eigenvalue weighted by atomic mass is 19.1. The minimum absolute atomic E-state index is 0.407. The fourth-order valence-electron chi connectivity index (χ4n) is 3.84. The Morgan fingerprint density at radius 3 is 2.84 bits per heavy atom. The molecule has 1 aromatic carbocycles. The summed E-state index contributed by atoms with van der Waals surface area (Å²) >= 11 is 0. The summed E-state index contributed by atoms with van der Waals surface area (Å²) in [4.78, 5) is 6.72. The van der Waals surface area contributed by atoms with E-state index in [0.29, 0.717) is 61.2 Å². The molecule has 3 heterocycles. The number of hydrogen-bond acceptors (Lipinski definition) is 7. The van der Waals surface area contributed by atoms with Crippen molar-refractivity contribution in [3.63, 3.8) is 0 Å². The molecule has 32 heavy (non-hydrogen) atoms. The fourth-order valence-corrected chi connectivity index (χ4v) is 3.84. The highest BCUT2D eigenvalue weighted by Crippen LogP contribution is 2.31. The first-order chi connectivity index (χ1) is 15.4. The summed E-state index contributed by atoms with van der Waals surface area (Å²) in [7, 11) is 0. The highest BCUT2D eigenvalue weighted by molar-refractivity contribution is 5.96. The first kappa shape index (κ1) is 21.7. The molecule has 0 saturated carbocycles. The van der Waals surface area contributed by atoms with Gasteiger partial charge in [0.1, 0.15) is 11.9 Å². The van der Waals surface area contributed by atoms with Crippen molar-refractivity contribution >= 4 is 17.6 Å². The number of likely N-dealkylation sites (tertiary alicyclic amines) is 1. The number of benzene rings is 1. The summed E-state index contributed by atoms with van der Waals surface area (Å²) < 4.78 is 14.9. The lowest BCUT2D eigenvalue weighted by Crippen LogP contribution is -2.49. The van der Waals surface area contributed by atoms with E-state index in [1.165, 1.54) is 6.21 Å². The number of nitrogens with one attached hydrogen (secondary N) is 3. The Hall–Kier alpha value is -3.53. The van der Waals surface area contributed by atoms with Gasteiger partial charge in [-0.3, -0.25) is 14.7 Å². The van der Waals surface area contributed by atoms with Crippen molar-refractivity contribution in [2.75, 3.05) is 31.5 Å². The Balaban J connectivity index is 1.66. The largest absolute Gasteiger partial charge is 0.399 e. The maximum Gasteiger partial charge on any atom is 0.182 e. The Bertz CT molecular complexity index is 1140. The van der Waals surface area contributed by atoms with Gasteiger partial charge in [0.2, 0.25) is 0 Å². The summed E-state index contributed by atoms with van der Waals surface area (Å²) in [5, 5.41) is 23.2. The molecule has 3 aromatic rings. The summed E-state index contributed by atoms with van der Waals surface area (Å²) in [5.41, 5.74) is 10.9. The Morgan fingerprint density at radius 1 is 1.41 bits per heavy atom. The summed E-state index contributed by atoms with van der Waals surface area (Å²) in [6, 6.07) is 5.66. The molecule has 2 aromatic heterocycles. The zero-order valence-electron chi connectivity index (χ0n) is 18.3. The van der Waals surface area contributed by atoms with Gasteiger partial charge in [0.15, 0.2) is 11.6 Å². The summed E-state index contributed by atoms with van der Waals surface area (Å²) in [6.45, 7) is 10.8. The predicted molar refractivity (Wildman–Crippen MR) is 124 cm³/mol. The average molecular weight is 438 g/mol. The molecule has 4 rings (SSSR count). The van der Waals surface area contributed by atoms with Gasteiger partial charge in [-0.05, 0) is 37.6 Å². The number of nitrogens with zero attached hydrogens (tertiary/aromatic N) is 5. The molecular weight excluding hydrogens is 409 g/mol. The standard InChI is InChI=1S/C22H28FN9/c1-4-32-20(7-13(2)30-32)22-27-21(28-29-22)17-8-15(14(3)25)9-19(18(17)10-24)26-5-6-31-11-16(23)12-31/h7-10,16,24,26H,3-6,11-12,25H2,1-2H3,(H,27,28,29). The van der Waals surface area contributed by atoms with Crippen molar-refractivity contribution < 1.29 is 4.39 Å². The first-order valence-corrected chi connectivity index (χ1v) is 10.6. The van der Waals surface area contributed by atoms with Gasteiger partial charge in [-0.1, -0.05) is 6.58 Å². The smallest absolute Gasteiger partial charge is 0.182 e. The number of alkyl halides is 1. The molecule has 0 atom stereocenters. The number of anilines is 1. The van der Waals surface area contributed by atoms with Crippen LogP contribution in [0, 0.1) is 12.3 Å². The lowest BCUT2D eigenvalue weighted by atomic mass is 10.00. The zero-order chi connectivity index (χ0) is 22.8. The van der Waals surface area contributed by atoms with E-state index in [2.05, 4.69) is 32.2 Å². The number of aromatic amines is 1. The number of aromatic nitrogens is 5. The van der Waals surface area contributed by atoms with Crippen LogP contribution < -0.4 is 11.1 Å². The van der Waals surface area contributed by atoms with E-state index in [9.17, 15) is 4.39 Å². The molecule has 0 unspecified atom stereocenters. The number of aryl methyl sites for hydroxylation is 2. The lowest BCUT2D eigenvalue weighted by Gasteiger charge is -2.34. The third-order valence-corrected chi connectivity index (χ3v) is 5.52. The Kier molecular flexibility index (Phi) is 6.04. The molecule has 5 N–H and O–H groups in total. The van der Waals surface area contributed by atoms with Crippen LogP contribution >= 0.6 is 0 Å². The van der Waals surface area contributed by atoms with Gasteiger partial charge in [-0.2, -0.15) is 10.2 Å². The Morgan fingerprint density at radius 2 is 2.19 bits per heavy atom. The van der Waals surface area contributed by atoms with E-state index in [1.807, 2.05) is 41.6 Å². The van der Waals surface area contributed by atoms with Crippen LogP contribution in [0.4, 0.5) is 10.1 Å². The number of H-pyrrole nitrogens is 1. The van der Waals surface area contributed by atoms with Crippen LogP contribution in [-0.2, 0) is 6.54 Å². The molecule has 0 aliphatic carbocycles. The van der Waals surface area contributed by atoms with Crippen molar-refractivity contribution in [3.8, 4) is 22.9 Å². The van der Waals surface area contributed by atoms with Crippen molar-refractivity contribution in [2.24, 2.45) is 5.73 Å². The lowest BCUT2D eigenvalue weighted by molar-refractivity contribution is 0.0698. The molecule has 0 bridgehead atoms. The van der Waals surface area contributed by atoms with Gasteiger partial charge in [-0.25, -0.2) is 9.37 Å². The molecule has 0 spiro atoms. The van der Waals surface area contributed by atoms with Crippen LogP contribution in [0.25, 0.3) is 28.6 Å². The molecule has 0 radical (unpaired) electrons. The quantitative estimate of drug-likeness (QED) is 0.382. The van der Waals surface area contributed by atoms with Gasteiger partial charge in [0.25, 0.3) is 0 Å². The molecular formula is C22H28FN9. The number of nitrogens with two attached hydrogens (primary N) is 1. The van der Waals surface area contributed by atoms with Crippen LogP contribution in [0.2, 0.25) is 0 Å². The molecule has 0 amide bonds. The van der Waals surface area contributed by atoms with E-state index in [1.54, 1.807) is 0 Å². The highest BCUT2D eigenvalue weighted by Gasteiger charge is 2.25. The van der Waals surface area contributed by atoms with Crippen LogP contribution in [0.5, 0.6) is 0 Å². The molecule has 10 heteroatoms. The van der Waals surface area contributed by atoms with Crippen LogP contribution in [0.15, 0.2) is 24.8 Å². The molecule has 1 saturated heterocycles. The number of rotatable bonds is 9. The van der Waals surface area contributed by atoms with Gasteiger partial charge < -0.3 is 16.5 Å². The second-order valence-corrected chi connectivity index (χ2v) is 7.93. The van der Waals surface area contributed by atoms with Crippen molar-refractivity contribution in [3.05, 3.63) is 41.6 Å². The van der Waals surface area contributed by atoms with Gasteiger partial charge in [-0.15, -0.1) is 0 Å². The average Bonchev–Trinajstić information content (AvgIpc) is 3.38. The van der Waals surface area contributed by atoms with Gasteiger partial charge in [0, 0.05) is 61.4 Å². The molecule has 1 aliphatic heterocycles. The van der Waals surface area contributed by atoms with Crippen molar-refractivity contribution in [1.82, 2.24) is 29.9 Å². The maximum atomic E-state index is 13.1. The van der Waals surface area contributed by atoms with E-state index in [-0.39, 0.29) is 0 Å². The molecule has 1 aliphatic rings. The third-order valence-electron chi connectivity index (χ3n) is 5.52. The van der Waals surface area contributed by atoms with E-state index in [4.69, 9.17) is 11.1 Å². The monoisotopic (exact) mass is 437 g/mol. The van der Waals surface area contributed by atoms with E-state index >= 15 is 0 Å². The first-order valence-electron chi connectivity index (χ1n) is 10.6. The van der Waals surface area contributed by atoms with E-state index < -0.39 is 6.17 Å². The molecule has 1 fully saturated rings. The maximum absolute atomic E-state index is 13.1. The van der Waals surface area contributed by atoms with Crippen molar-refractivity contribution in [2.45, 2.75) is 26.6 Å². The minimum Gasteiger partial charge on any atom is -0.399 e. The Labute approximate surface area is 186 Å². The summed E-state index contributed by atoms with van der Waals surface area (Å²) in [6.07, 6.45) is 0.550. The fraction of sp³-hybridized carbons (Fsp3) is 0.364. The predicted octanol–water partition coefficient (Wildman–Crippen LogP) is 2.66. The topological polar surface area (TPSA) is 125 Å². The number of hydrogen-bond donors (Lipinski definition) is 4. The summed E-state index contributed by atoms with van der Waals surface area (Å²) in [5.74, 6) is 1.05. The van der Waals surface area contributed by atoms with E-state index in [0.717, 1.165) is 22.6 Å². The second-order valence-electron chi connectivity index (χ2n) is 7.93. The SMILES string of the molecule is C=C(N)c1cc(NCCN2CC(F)C2)c(C=N)c(-c2n[nH]c(-c3cc(C)nn3CC)n2)c1. The zero-order valence-corrected chi connectivity index (χ0v) is 18.3. The second kappa shape index (κ2) is 8.91. The van der Waals surface area contributed by atoms with Crippen molar-refractivity contribution in [1.29, 1.82) is 5.41 Å². The molecule has 9 nitrogen and oxygen atoms in total. The van der Waals surface area contributed by atoms with Crippen LogP contribution in [0.1, 0.15) is 23.7 Å².